The van der Waals surface area contributed by atoms with E-state index in [1.165, 1.54) is 29.7 Å². The van der Waals surface area contributed by atoms with Crippen LogP contribution in [0.1, 0.15) is 55.0 Å². The number of non-ortho nitro benzene ring substituents is 1. The van der Waals surface area contributed by atoms with Crippen LogP contribution in [0.15, 0.2) is 54.6 Å². The minimum atomic E-state index is -0.361. The van der Waals surface area contributed by atoms with Gasteiger partial charge in [0.15, 0.2) is 0 Å². The Morgan fingerprint density at radius 3 is 2.62 bits per heavy atom. The van der Waals surface area contributed by atoms with E-state index in [1.54, 1.807) is 24.3 Å². The molecule has 1 saturated heterocycles. The number of rotatable bonds is 5. The van der Waals surface area contributed by atoms with Crippen LogP contribution >= 0.6 is 0 Å². The van der Waals surface area contributed by atoms with Gasteiger partial charge in [-0.1, -0.05) is 36.8 Å². The minimum absolute atomic E-state index is 0.0986. The van der Waals surface area contributed by atoms with Crippen molar-refractivity contribution in [2.75, 3.05) is 18.4 Å². The maximum atomic E-state index is 11.1. The molecule has 0 radical (unpaired) electrons. The van der Waals surface area contributed by atoms with E-state index in [0.717, 1.165) is 56.8 Å². The Morgan fingerprint density at radius 1 is 1.03 bits per heavy atom. The Hall–Kier alpha value is -3.19. The molecule has 0 aliphatic carbocycles. The molecule has 3 aromatic rings. The lowest BCUT2D eigenvalue weighted by Gasteiger charge is -2.35. The Balaban J connectivity index is 1.53. The number of likely N-dealkylation sites (tertiary alicyclic amines) is 1. The first-order chi connectivity index (χ1) is 15.7. The summed E-state index contributed by atoms with van der Waals surface area (Å²) < 4.78 is 1.97. The van der Waals surface area contributed by atoms with Crippen molar-refractivity contribution in [2.45, 2.75) is 51.1 Å². The van der Waals surface area contributed by atoms with E-state index in [1.807, 2.05) is 4.68 Å². The molecule has 7 nitrogen and oxygen atoms in total. The number of nitro benzene ring substituents is 1. The average molecular weight is 432 g/mol. The fourth-order valence-corrected chi connectivity index (χ4v) is 5.01. The first kappa shape index (κ1) is 20.7. The highest BCUT2D eigenvalue weighted by molar-refractivity contribution is 5.56. The zero-order valence-electron chi connectivity index (χ0n) is 18.2. The number of nitrogens with one attached hydrogen (secondary N) is 1. The van der Waals surface area contributed by atoms with Gasteiger partial charge in [-0.3, -0.25) is 15.0 Å². The van der Waals surface area contributed by atoms with Crippen LogP contribution in [-0.4, -0.2) is 32.7 Å². The molecule has 1 unspecified atom stereocenters. The Morgan fingerprint density at radius 2 is 1.84 bits per heavy atom. The smallest absolute Gasteiger partial charge is 0.269 e. The topological polar surface area (TPSA) is 76.2 Å². The van der Waals surface area contributed by atoms with Crippen molar-refractivity contribution in [3.05, 3.63) is 81.5 Å². The molecule has 0 bridgehead atoms. The van der Waals surface area contributed by atoms with Gasteiger partial charge >= 0.3 is 0 Å². The summed E-state index contributed by atoms with van der Waals surface area (Å²) in [5.41, 5.74) is 4.77. The summed E-state index contributed by atoms with van der Waals surface area (Å²) in [6.07, 6.45) is 6.82. The van der Waals surface area contributed by atoms with Crippen LogP contribution in [-0.2, 0) is 13.0 Å². The van der Waals surface area contributed by atoms with Gasteiger partial charge in [0.25, 0.3) is 5.69 Å². The summed E-state index contributed by atoms with van der Waals surface area (Å²) in [6.45, 7) is 2.92. The number of piperidine rings is 1. The Bertz CT molecular complexity index is 1080. The van der Waals surface area contributed by atoms with Crippen LogP contribution in [0.2, 0.25) is 0 Å². The maximum absolute atomic E-state index is 11.1. The lowest BCUT2D eigenvalue weighted by atomic mass is 9.94. The quantitative estimate of drug-likeness (QED) is 0.441. The zero-order valence-corrected chi connectivity index (χ0v) is 18.2. The highest BCUT2D eigenvalue weighted by atomic mass is 16.6. The van der Waals surface area contributed by atoms with Gasteiger partial charge in [-0.15, -0.1) is 0 Å². The second-order valence-corrected chi connectivity index (χ2v) is 8.75. The van der Waals surface area contributed by atoms with Crippen molar-refractivity contribution in [2.24, 2.45) is 0 Å². The van der Waals surface area contributed by atoms with Crippen LogP contribution < -0.4 is 5.32 Å². The SMILES string of the molecule is O=[N+]([O-])c1ccc(-n2nc(C3CCCCN3Cc3ccccc3)c3c2NCCCC3)cc1. The molecule has 166 valence electrons. The van der Waals surface area contributed by atoms with Crippen molar-refractivity contribution >= 4 is 11.5 Å². The van der Waals surface area contributed by atoms with E-state index in [0.29, 0.717) is 0 Å². The van der Waals surface area contributed by atoms with E-state index in [9.17, 15) is 10.1 Å². The summed E-state index contributed by atoms with van der Waals surface area (Å²) in [7, 11) is 0. The average Bonchev–Trinajstić information content (AvgIpc) is 3.00. The third-order valence-corrected chi connectivity index (χ3v) is 6.62. The number of nitro groups is 1. The molecule has 1 aromatic heterocycles. The molecule has 2 aliphatic heterocycles. The van der Waals surface area contributed by atoms with Crippen LogP contribution in [0.4, 0.5) is 11.5 Å². The highest BCUT2D eigenvalue weighted by Gasteiger charge is 2.31. The van der Waals surface area contributed by atoms with Gasteiger partial charge in [0.1, 0.15) is 5.82 Å². The van der Waals surface area contributed by atoms with Crippen molar-refractivity contribution in [3.63, 3.8) is 0 Å². The van der Waals surface area contributed by atoms with Crippen LogP contribution in [0.3, 0.4) is 0 Å². The molecular formula is C25H29N5O2. The zero-order chi connectivity index (χ0) is 21.9. The molecule has 0 saturated carbocycles. The second-order valence-electron chi connectivity index (χ2n) is 8.75. The third kappa shape index (κ3) is 4.12. The Kier molecular flexibility index (Phi) is 5.90. The van der Waals surface area contributed by atoms with Gasteiger partial charge in [0, 0.05) is 30.8 Å². The molecule has 3 heterocycles. The highest BCUT2D eigenvalue weighted by Crippen LogP contribution is 2.38. The van der Waals surface area contributed by atoms with Gasteiger partial charge in [-0.25, -0.2) is 4.68 Å². The predicted molar refractivity (Wildman–Crippen MR) is 125 cm³/mol. The number of aromatic nitrogens is 2. The molecule has 2 aliphatic rings. The molecule has 1 atom stereocenters. The van der Waals surface area contributed by atoms with E-state index >= 15 is 0 Å². The molecule has 1 N–H and O–H groups in total. The first-order valence-corrected chi connectivity index (χ1v) is 11.6. The Labute approximate surface area is 188 Å². The van der Waals surface area contributed by atoms with Gasteiger partial charge in [-0.05, 0) is 56.3 Å². The van der Waals surface area contributed by atoms with Gasteiger partial charge in [0.05, 0.1) is 22.3 Å². The summed E-state index contributed by atoms with van der Waals surface area (Å²) in [5, 5.41) is 19.8. The molecule has 0 amide bonds. The normalized spacial score (nSPS) is 19.1. The van der Waals surface area contributed by atoms with E-state index < -0.39 is 0 Å². The molecule has 5 rings (SSSR count). The predicted octanol–water partition coefficient (Wildman–Crippen LogP) is 5.26. The van der Waals surface area contributed by atoms with Crippen molar-refractivity contribution in [1.82, 2.24) is 14.7 Å². The maximum Gasteiger partial charge on any atom is 0.269 e. The van der Waals surface area contributed by atoms with Gasteiger partial charge in [0.2, 0.25) is 0 Å². The van der Waals surface area contributed by atoms with Crippen LogP contribution in [0.25, 0.3) is 5.69 Å². The molecule has 32 heavy (non-hydrogen) atoms. The number of fused-ring (bicyclic) bond motifs is 1. The summed E-state index contributed by atoms with van der Waals surface area (Å²) in [6, 6.07) is 17.7. The fraction of sp³-hybridized carbons (Fsp3) is 0.400. The number of anilines is 1. The monoisotopic (exact) mass is 431 g/mol. The van der Waals surface area contributed by atoms with E-state index in [4.69, 9.17) is 5.10 Å². The molecular weight excluding hydrogens is 402 g/mol. The summed E-state index contributed by atoms with van der Waals surface area (Å²) >= 11 is 0. The lowest BCUT2D eigenvalue weighted by molar-refractivity contribution is -0.384. The second kappa shape index (κ2) is 9.12. The standard InChI is InChI=1S/C25H29N5O2/c31-30(32)21-14-12-20(13-15-21)29-25-22(10-4-6-16-26-25)24(27-29)23-11-5-7-17-28(23)18-19-8-2-1-3-9-19/h1-3,8-9,12-15,23,26H,4-7,10-11,16-18H2. The van der Waals surface area contributed by atoms with E-state index in [2.05, 4.69) is 40.5 Å². The number of hydrogen-bond donors (Lipinski definition) is 1. The minimum Gasteiger partial charge on any atom is -0.370 e. The summed E-state index contributed by atoms with van der Waals surface area (Å²) in [5.74, 6) is 1.05. The summed E-state index contributed by atoms with van der Waals surface area (Å²) in [4.78, 5) is 13.3. The van der Waals surface area contributed by atoms with Gasteiger partial charge < -0.3 is 5.32 Å². The van der Waals surface area contributed by atoms with Gasteiger partial charge in [-0.2, -0.15) is 5.10 Å². The number of benzene rings is 2. The van der Waals surface area contributed by atoms with Crippen LogP contribution in [0.5, 0.6) is 0 Å². The lowest BCUT2D eigenvalue weighted by Crippen LogP contribution is -2.33. The van der Waals surface area contributed by atoms with Crippen molar-refractivity contribution in [3.8, 4) is 5.69 Å². The van der Waals surface area contributed by atoms with Crippen molar-refractivity contribution < 1.29 is 4.92 Å². The number of hydrogen-bond acceptors (Lipinski definition) is 5. The molecule has 2 aromatic carbocycles. The van der Waals surface area contributed by atoms with Crippen LogP contribution in [0, 0.1) is 10.1 Å². The largest absolute Gasteiger partial charge is 0.370 e. The molecule has 0 spiro atoms. The number of nitrogens with zero attached hydrogens (tertiary/aromatic N) is 4. The third-order valence-electron chi connectivity index (χ3n) is 6.62. The van der Waals surface area contributed by atoms with E-state index in [-0.39, 0.29) is 16.7 Å². The molecule has 1 fully saturated rings. The first-order valence-electron chi connectivity index (χ1n) is 11.6. The van der Waals surface area contributed by atoms with Crippen molar-refractivity contribution in [1.29, 1.82) is 0 Å². The fourth-order valence-electron chi connectivity index (χ4n) is 5.01. The molecule has 7 heteroatoms.